The van der Waals surface area contributed by atoms with Gasteiger partial charge in [-0.15, -0.1) is 0 Å². The lowest BCUT2D eigenvalue weighted by Gasteiger charge is -2.42. The van der Waals surface area contributed by atoms with Crippen molar-refractivity contribution in [1.82, 2.24) is 5.32 Å². The van der Waals surface area contributed by atoms with Crippen molar-refractivity contribution < 1.29 is 149 Å². The molecule has 0 bridgehead atoms. The second-order valence-corrected chi connectivity index (χ2v) is 27.6. The topological polar surface area (TPSA) is 462 Å². The Bertz CT molecular complexity index is 1960. The summed E-state index contributed by atoms with van der Waals surface area (Å²) in [5.41, 5.74) is -0.828. The van der Waals surface area contributed by atoms with Gasteiger partial charge in [0.2, 0.25) is 5.91 Å². The minimum atomic E-state index is -4.48. The Morgan fingerprint density at radius 3 is 1.07 bits per heavy atom. The maximum atomic E-state index is 12.7. The van der Waals surface area contributed by atoms with Gasteiger partial charge in [-0.25, -0.2) is 13.7 Å². The van der Waals surface area contributed by atoms with Gasteiger partial charge in [0.25, 0.3) is 0 Å². The second kappa shape index (κ2) is 44.8. The third-order valence-electron chi connectivity index (χ3n) is 15.6. The smallest absolute Gasteiger partial charge is 0.394 e. The monoisotopic (exact) mass is 1370 g/mol. The third-order valence-corrected chi connectivity index (χ3v) is 18.7. The van der Waals surface area contributed by atoms with Crippen molar-refractivity contribution in [2.24, 2.45) is 23.2 Å². The van der Waals surface area contributed by atoms with E-state index < -0.39 is 146 Å². The molecule has 3 fully saturated rings. The van der Waals surface area contributed by atoms with E-state index in [-0.39, 0.29) is 105 Å². The molecule has 3 rings (SSSR count). The summed E-state index contributed by atoms with van der Waals surface area (Å²) in [5, 5.41) is 92.0. The van der Waals surface area contributed by atoms with Gasteiger partial charge in [-0.3, -0.25) is 31.9 Å². The largest absolute Gasteiger partial charge is 0.472 e. The van der Waals surface area contributed by atoms with Crippen molar-refractivity contribution in [2.75, 3.05) is 119 Å². The molecule has 3 heterocycles. The van der Waals surface area contributed by atoms with E-state index in [1.54, 1.807) is 13.8 Å². The number of rotatable bonds is 52. The van der Waals surface area contributed by atoms with Crippen LogP contribution in [0.1, 0.15) is 125 Å². The molecular weight excluding hydrogens is 1260 g/mol. The first-order valence-corrected chi connectivity index (χ1v) is 35.8. The first kappa shape index (κ1) is 83.3. The minimum absolute atomic E-state index is 0.0225. The second-order valence-electron chi connectivity index (χ2n) is 23.2. The molecule has 3 aliphatic rings. The zero-order chi connectivity index (χ0) is 66.8. The Balaban J connectivity index is 1.39. The lowest BCUT2D eigenvalue weighted by atomic mass is 9.79. The Labute approximate surface area is 528 Å². The molecular formula is C55H108NO31P3. The fraction of sp³-hybridized carbons (Fsp3) is 0.982. The highest BCUT2D eigenvalue weighted by Crippen LogP contribution is 2.45. The number of nitrogens with one attached hydrogen (secondary N) is 1. The summed E-state index contributed by atoms with van der Waals surface area (Å²) in [6.07, 6.45) is -5.86. The van der Waals surface area contributed by atoms with Crippen LogP contribution in [0, 0.1) is 23.2 Å². The van der Waals surface area contributed by atoms with E-state index >= 15 is 0 Å². The van der Waals surface area contributed by atoms with Gasteiger partial charge in [0, 0.05) is 57.2 Å². The molecule has 0 spiro atoms. The van der Waals surface area contributed by atoms with Gasteiger partial charge in [-0.05, 0) is 57.3 Å². The van der Waals surface area contributed by atoms with Crippen LogP contribution in [0.15, 0.2) is 0 Å². The van der Waals surface area contributed by atoms with Crippen LogP contribution in [0.3, 0.4) is 0 Å². The Kier molecular flexibility index (Phi) is 41.5. The number of aliphatic hydroxyl groups excluding tert-OH is 9. The highest BCUT2D eigenvalue weighted by molar-refractivity contribution is 7.47. The number of amides is 1. The van der Waals surface area contributed by atoms with Crippen molar-refractivity contribution in [3.63, 3.8) is 0 Å². The van der Waals surface area contributed by atoms with Crippen LogP contribution in [0.25, 0.3) is 0 Å². The predicted molar refractivity (Wildman–Crippen MR) is 317 cm³/mol. The number of hydrogen-bond donors (Lipinski definition) is 13. The number of carbonyl (C=O) groups is 1. The molecule has 0 aromatic rings. The van der Waals surface area contributed by atoms with Crippen LogP contribution in [0.5, 0.6) is 0 Å². The van der Waals surface area contributed by atoms with E-state index in [4.69, 9.17) is 69.8 Å². The lowest BCUT2D eigenvalue weighted by molar-refractivity contribution is -0.282. The van der Waals surface area contributed by atoms with Crippen LogP contribution in [-0.2, 0) is 88.3 Å². The maximum Gasteiger partial charge on any atom is 0.472 e. The van der Waals surface area contributed by atoms with Crippen LogP contribution >= 0.6 is 23.5 Å². The highest BCUT2D eigenvalue weighted by Gasteiger charge is 2.46. The molecule has 0 saturated carbocycles. The summed E-state index contributed by atoms with van der Waals surface area (Å²) in [5.74, 6) is -1.64. The summed E-state index contributed by atoms with van der Waals surface area (Å²) in [7, 11) is -13.2. The summed E-state index contributed by atoms with van der Waals surface area (Å²) >= 11 is 0. The molecule has 0 radical (unpaired) electrons. The molecule has 35 heteroatoms. The number of unbranched alkanes of at least 4 members (excludes halogenated alkanes) is 9. The predicted octanol–water partition coefficient (Wildman–Crippen LogP) is 1.68. The Morgan fingerprint density at radius 1 is 0.422 bits per heavy atom. The quantitative estimate of drug-likeness (QED) is 0.0304. The molecule has 90 heavy (non-hydrogen) atoms. The number of carbonyl (C=O) groups excluding carboxylic acids is 1. The maximum absolute atomic E-state index is 12.7. The number of phosphoric ester groups is 3. The van der Waals surface area contributed by atoms with Gasteiger partial charge in [-0.1, -0.05) is 66.2 Å². The van der Waals surface area contributed by atoms with Crippen molar-refractivity contribution in [2.45, 2.75) is 204 Å². The van der Waals surface area contributed by atoms with E-state index in [2.05, 4.69) is 5.32 Å². The molecule has 1 amide bonds. The summed E-state index contributed by atoms with van der Waals surface area (Å²) < 4.78 is 121. The van der Waals surface area contributed by atoms with Crippen molar-refractivity contribution in [1.29, 1.82) is 0 Å². The Morgan fingerprint density at radius 2 is 0.722 bits per heavy atom. The normalized spacial score (nSPS) is 30.2. The molecule has 3 saturated heterocycles. The average Bonchev–Trinajstić information content (AvgIpc) is 1.13. The van der Waals surface area contributed by atoms with E-state index in [1.807, 2.05) is 13.8 Å². The molecule has 9 unspecified atom stereocenters. The molecule has 0 aromatic carbocycles. The van der Waals surface area contributed by atoms with E-state index in [9.17, 15) is 79.1 Å². The average molecular weight is 1370 g/mol. The zero-order valence-electron chi connectivity index (χ0n) is 52.8. The van der Waals surface area contributed by atoms with Crippen molar-refractivity contribution in [3.05, 3.63) is 0 Å². The molecule has 13 N–H and O–H groups in total. The number of hydrogen-bond acceptors (Lipinski definition) is 28. The van der Waals surface area contributed by atoms with E-state index in [1.165, 1.54) is 6.92 Å². The minimum Gasteiger partial charge on any atom is -0.394 e. The van der Waals surface area contributed by atoms with Crippen molar-refractivity contribution in [3.8, 4) is 0 Å². The van der Waals surface area contributed by atoms with Gasteiger partial charge >= 0.3 is 23.5 Å². The molecule has 18 atom stereocenters. The number of ether oxygens (including phenoxy) is 9. The van der Waals surface area contributed by atoms with Crippen molar-refractivity contribution >= 4 is 29.4 Å². The van der Waals surface area contributed by atoms with E-state index in [0.29, 0.717) is 90.3 Å². The standard InChI is InChI=1S/C55H108NO31P3/c1-38(2)55(35-73-20-18-28-82-88(67,68)79-25-15-9-6-12-22-76-52-39(3)46(61)48(63)42(32-57)85-52,36-74-21-19-29-83-89(69,70)80-26-16-10-7-13-23-77-53-40(4)47(62)49(64)43(33-58)86-53)37-75-30-31-84-90(71,72)81-27-17-11-8-14-24-78-54-45(56-41(5)60)51(66)50(65)44(34-59)87-54/h38-40,42-54,57-59,61-66H,6-37H2,1-5H3,(H,56,60)(H,67,68)(H,69,70)(H,71,72)/t39?,40?,42?,43?,44?,45?,46-,47-,48+,49+,50+,51-,52-,53-,54-,55?/m1/s1. The molecule has 3 aliphatic heterocycles. The zero-order valence-corrected chi connectivity index (χ0v) is 55.5. The fourth-order valence-electron chi connectivity index (χ4n) is 9.70. The van der Waals surface area contributed by atoms with Gasteiger partial charge in [0.15, 0.2) is 18.9 Å². The van der Waals surface area contributed by atoms with Gasteiger partial charge in [0.05, 0.1) is 98.1 Å². The fourth-order valence-corrected chi connectivity index (χ4v) is 12.0. The number of phosphoric acid groups is 3. The first-order chi connectivity index (χ1) is 42.7. The molecule has 0 aliphatic carbocycles. The van der Waals surface area contributed by atoms with E-state index in [0.717, 1.165) is 0 Å². The first-order valence-electron chi connectivity index (χ1n) is 31.3. The van der Waals surface area contributed by atoms with Crippen LogP contribution in [-0.4, -0.2) is 265 Å². The molecule has 0 aromatic heterocycles. The van der Waals surface area contributed by atoms with Gasteiger partial charge < -0.3 is 109 Å². The van der Waals surface area contributed by atoms with Crippen LogP contribution < -0.4 is 5.32 Å². The Hall–Kier alpha value is -0.920. The lowest BCUT2D eigenvalue weighted by Crippen LogP contribution is -2.64. The van der Waals surface area contributed by atoms with Crippen LogP contribution in [0.4, 0.5) is 0 Å². The van der Waals surface area contributed by atoms with Crippen LogP contribution in [0.2, 0.25) is 0 Å². The number of aliphatic hydroxyl groups is 9. The van der Waals surface area contributed by atoms with Gasteiger partial charge in [0.1, 0.15) is 48.8 Å². The SMILES string of the molecule is CC(=O)NC1[C@H](OCCCCCCOP(=O)(O)OCCOCC(COCCCOP(=O)(O)OCCCCCCO[C@@H]2OC(CO)[C@H](O)[C@H](O)C2C)(COCCCOP(=O)(O)OCCCCCCO[C@@H]2OC(CO)[C@H](O)[C@H](O)C2C)C(C)C)OC(CO)[C@H](O)[C@@H]1O. The third kappa shape index (κ3) is 31.5. The molecule has 32 nitrogen and oxygen atoms in total. The highest BCUT2D eigenvalue weighted by atomic mass is 31.2. The van der Waals surface area contributed by atoms with Gasteiger partial charge in [-0.2, -0.15) is 0 Å². The summed E-state index contributed by atoms with van der Waals surface area (Å²) in [6.45, 7) is 7.05. The summed E-state index contributed by atoms with van der Waals surface area (Å²) in [4.78, 5) is 42.6. The molecule has 534 valence electrons. The summed E-state index contributed by atoms with van der Waals surface area (Å²) in [6, 6.07) is -1.06.